The molecule has 3 atom stereocenters. The van der Waals surface area contributed by atoms with Crippen LogP contribution in [0.2, 0.25) is 0 Å². The van der Waals surface area contributed by atoms with Crippen LogP contribution < -0.4 is 5.32 Å². The summed E-state index contributed by atoms with van der Waals surface area (Å²) in [6.07, 6.45) is 2.60. The van der Waals surface area contributed by atoms with Gasteiger partial charge in [0, 0.05) is 42.8 Å². The number of pyridine rings is 1. The van der Waals surface area contributed by atoms with Crippen molar-refractivity contribution >= 4 is 16.9 Å². The number of amides is 1. The van der Waals surface area contributed by atoms with E-state index in [1.54, 1.807) is 0 Å². The van der Waals surface area contributed by atoms with Gasteiger partial charge in [0.1, 0.15) is 11.3 Å². The number of carbonyl (C=O) groups excluding carboxylic acids is 1. The summed E-state index contributed by atoms with van der Waals surface area (Å²) in [5, 5.41) is 3.58. The van der Waals surface area contributed by atoms with E-state index in [1.165, 1.54) is 18.3 Å². The fourth-order valence-corrected chi connectivity index (χ4v) is 3.22. The lowest BCUT2D eigenvalue weighted by atomic mass is 10.00. The molecule has 4 heterocycles. The fraction of sp³-hybridized carbons (Fsp3) is 0.429. The lowest BCUT2D eigenvalue weighted by molar-refractivity contribution is 0.0919. The fourth-order valence-electron chi connectivity index (χ4n) is 3.22. The maximum absolute atomic E-state index is 13.0. The van der Waals surface area contributed by atoms with Crippen LogP contribution in [0, 0.1) is 11.9 Å². The Labute approximate surface area is 114 Å². The molecule has 1 amide bonds. The van der Waals surface area contributed by atoms with E-state index >= 15 is 0 Å². The molecule has 104 valence electrons. The van der Waals surface area contributed by atoms with Crippen LogP contribution in [-0.2, 0) is 0 Å². The third-order valence-corrected chi connectivity index (χ3v) is 4.25. The second kappa shape index (κ2) is 4.28. The van der Waals surface area contributed by atoms with Crippen molar-refractivity contribution in [3.63, 3.8) is 0 Å². The van der Waals surface area contributed by atoms with Gasteiger partial charge < -0.3 is 14.6 Å². The molecule has 6 heteroatoms. The van der Waals surface area contributed by atoms with Crippen molar-refractivity contribution in [3.8, 4) is 0 Å². The van der Waals surface area contributed by atoms with Gasteiger partial charge >= 0.3 is 0 Å². The summed E-state index contributed by atoms with van der Waals surface area (Å²) < 4.78 is 17.9. The molecule has 4 rings (SSSR count). The van der Waals surface area contributed by atoms with Crippen LogP contribution >= 0.6 is 0 Å². The number of nitrogens with zero attached hydrogens (tertiary/aromatic N) is 2. The number of piperidine rings is 1. The van der Waals surface area contributed by atoms with Gasteiger partial charge in [-0.15, -0.1) is 0 Å². The molecule has 0 radical (unpaired) electrons. The Morgan fingerprint density at radius 2 is 2.35 bits per heavy atom. The van der Waals surface area contributed by atoms with Gasteiger partial charge in [-0.25, -0.2) is 0 Å². The smallest absolute Gasteiger partial charge is 0.278 e. The van der Waals surface area contributed by atoms with Gasteiger partial charge in [0.2, 0.25) is 0 Å². The van der Waals surface area contributed by atoms with E-state index in [9.17, 15) is 9.18 Å². The maximum atomic E-state index is 13.0. The molecular formula is C14H14FN3O2. The zero-order valence-corrected chi connectivity index (χ0v) is 10.8. The summed E-state index contributed by atoms with van der Waals surface area (Å²) in [7, 11) is 0. The molecule has 2 unspecified atom stereocenters. The predicted molar refractivity (Wildman–Crippen MR) is 69.8 cm³/mol. The highest BCUT2D eigenvalue weighted by molar-refractivity contribution is 5.95. The molecule has 2 aliphatic heterocycles. The Balaban J connectivity index is 1.54. The molecule has 2 fully saturated rings. The lowest BCUT2D eigenvalue weighted by Crippen LogP contribution is -2.43. The number of furan rings is 1. The van der Waals surface area contributed by atoms with E-state index < -0.39 is 6.01 Å². The van der Waals surface area contributed by atoms with Gasteiger partial charge in [0.05, 0.1) is 0 Å². The normalized spacial score (nSPS) is 28.1. The first-order chi connectivity index (χ1) is 9.69. The van der Waals surface area contributed by atoms with E-state index in [4.69, 9.17) is 4.42 Å². The van der Waals surface area contributed by atoms with Crippen molar-refractivity contribution in [2.75, 3.05) is 19.6 Å². The second-order valence-electron chi connectivity index (χ2n) is 5.55. The van der Waals surface area contributed by atoms with Crippen molar-refractivity contribution in [1.29, 1.82) is 0 Å². The molecular weight excluding hydrogens is 261 g/mol. The van der Waals surface area contributed by atoms with Crippen LogP contribution in [0.4, 0.5) is 4.39 Å². The van der Waals surface area contributed by atoms with Crippen LogP contribution in [-0.4, -0.2) is 41.5 Å². The zero-order valence-electron chi connectivity index (χ0n) is 10.8. The number of aromatic nitrogens is 1. The highest BCUT2D eigenvalue weighted by Crippen LogP contribution is 2.28. The monoisotopic (exact) mass is 275 g/mol. The molecule has 0 saturated carbocycles. The first-order valence-electron chi connectivity index (χ1n) is 6.77. The SMILES string of the molecule is O=C(NC1CN2CC[C@H]1C2)c1cc2oc(F)cc2cn1. The van der Waals surface area contributed by atoms with Crippen molar-refractivity contribution in [2.24, 2.45) is 5.92 Å². The number of hydrogen-bond donors (Lipinski definition) is 1. The first-order valence-corrected chi connectivity index (χ1v) is 6.77. The minimum atomic E-state index is -0.666. The molecule has 0 spiro atoms. The molecule has 2 aromatic heterocycles. The quantitative estimate of drug-likeness (QED) is 0.900. The number of nitrogens with one attached hydrogen (secondary N) is 1. The molecule has 5 nitrogen and oxygen atoms in total. The van der Waals surface area contributed by atoms with Gasteiger partial charge in [0.15, 0.2) is 0 Å². The molecule has 0 aliphatic carbocycles. The Hall–Kier alpha value is -1.95. The van der Waals surface area contributed by atoms with E-state index in [1.807, 2.05) is 0 Å². The van der Waals surface area contributed by atoms with Crippen molar-refractivity contribution in [3.05, 3.63) is 30.0 Å². The number of halogens is 1. The van der Waals surface area contributed by atoms with Gasteiger partial charge in [-0.3, -0.25) is 9.78 Å². The Morgan fingerprint density at radius 1 is 1.45 bits per heavy atom. The van der Waals surface area contributed by atoms with Crippen molar-refractivity contribution in [1.82, 2.24) is 15.2 Å². The van der Waals surface area contributed by atoms with Crippen molar-refractivity contribution < 1.29 is 13.6 Å². The number of hydrogen-bond acceptors (Lipinski definition) is 4. The number of fused-ring (bicyclic) bond motifs is 3. The van der Waals surface area contributed by atoms with Crippen molar-refractivity contribution in [2.45, 2.75) is 12.5 Å². The molecule has 2 saturated heterocycles. The van der Waals surface area contributed by atoms with E-state index in [0.717, 1.165) is 26.1 Å². The highest BCUT2D eigenvalue weighted by Gasteiger charge is 2.38. The van der Waals surface area contributed by atoms with Gasteiger partial charge in [0.25, 0.3) is 11.9 Å². The van der Waals surface area contributed by atoms with Crippen LogP contribution in [0.25, 0.3) is 11.0 Å². The molecule has 0 aromatic carbocycles. The van der Waals surface area contributed by atoms with Crippen LogP contribution in [0.1, 0.15) is 16.9 Å². The predicted octanol–water partition coefficient (Wildman–Crippen LogP) is 1.40. The van der Waals surface area contributed by atoms with Gasteiger partial charge in [-0.1, -0.05) is 0 Å². The molecule has 20 heavy (non-hydrogen) atoms. The number of carbonyl (C=O) groups is 1. The highest BCUT2D eigenvalue weighted by atomic mass is 19.1. The molecule has 2 aliphatic rings. The maximum Gasteiger partial charge on any atom is 0.278 e. The Bertz CT molecular complexity index is 684. The van der Waals surface area contributed by atoms with E-state index in [0.29, 0.717) is 16.9 Å². The average Bonchev–Trinajstić information content (AvgIpc) is 3.10. The summed E-state index contributed by atoms with van der Waals surface area (Å²) >= 11 is 0. The average molecular weight is 275 g/mol. The number of rotatable bonds is 2. The zero-order chi connectivity index (χ0) is 13.7. The second-order valence-corrected chi connectivity index (χ2v) is 5.55. The Kier molecular flexibility index (Phi) is 2.53. The topological polar surface area (TPSA) is 58.4 Å². The van der Waals surface area contributed by atoms with Gasteiger partial charge in [-0.2, -0.15) is 4.39 Å². The van der Waals surface area contributed by atoms with E-state index in [-0.39, 0.29) is 17.6 Å². The van der Waals surface area contributed by atoms with Crippen LogP contribution in [0.5, 0.6) is 0 Å². The molecule has 2 aromatic rings. The Morgan fingerprint density at radius 3 is 3.10 bits per heavy atom. The summed E-state index contributed by atoms with van der Waals surface area (Å²) in [5.74, 6) is 0.325. The first kappa shape index (κ1) is 11.8. The third-order valence-electron chi connectivity index (χ3n) is 4.25. The van der Waals surface area contributed by atoms with E-state index in [2.05, 4.69) is 15.2 Å². The minimum absolute atomic E-state index is 0.196. The summed E-state index contributed by atoms with van der Waals surface area (Å²) in [6, 6.07) is 2.27. The molecule has 2 bridgehead atoms. The van der Waals surface area contributed by atoms with Crippen LogP contribution in [0.3, 0.4) is 0 Å². The molecule has 1 N–H and O–H groups in total. The summed E-state index contributed by atoms with van der Waals surface area (Å²) in [5.41, 5.74) is 0.615. The standard InChI is InChI=1S/C14H14FN3O2/c15-13-3-9-5-16-10(4-12(9)20-13)14(19)17-11-7-18-2-1-8(11)6-18/h3-5,8,11H,1-2,6-7H2,(H,17,19)/t8-,11?/m0/s1. The lowest BCUT2D eigenvalue weighted by Gasteiger charge is -2.22. The minimum Gasteiger partial charge on any atom is -0.431 e. The van der Waals surface area contributed by atoms with Gasteiger partial charge in [-0.05, 0) is 18.9 Å². The largest absolute Gasteiger partial charge is 0.431 e. The third kappa shape index (κ3) is 1.87. The summed E-state index contributed by atoms with van der Waals surface area (Å²) in [6.45, 7) is 3.11. The van der Waals surface area contributed by atoms with Crippen LogP contribution in [0.15, 0.2) is 22.7 Å². The summed E-state index contributed by atoms with van der Waals surface area (Å²) in [4.78, 5) is 18.6.